The second kappa shape index (κ2) is 9.94. The molecule has 1 rings (SSSR count). The fourth-order valence-corrected chi connectivity index (χ4v) is 2.61. The van der Waals surface area contributed by atoms with Gasteiger partial charge in [-0.25, -0.2) is 0 Å². The maximum atomic E-state index is 11.4. The quantitative estimate of drug-likeness (QED) is 0.328. The van der Waals surface area contributed by atoms with E-state index in [9.17, 15) is 9.59 Å². The van der Waals surface area contributed by atoms with Gasteiger partial charge in [-0.3, -0.25) is 9.59 Å². The molecule has 1 saturated carbocycles. The number of allylic oxidation sites excluding steroid dienone is 2. The first-order valence-corrected chi connectivity index (χ1v) is 7.93. The van der Waals surface area contributed by atoms with Gasteiger partial charge in [0.15, 0.2) is 0 Å². The van der Waals surface area contributed by atoms with Crippen molar-refractivity contribution in [1.29, 1.82) is 0 Å². The van der Waals surface area contributed by atoms with Gasteiger partial charge in [0.2, 0.25) is 0 Å². The molecule has 108 valence electrons. The average Bonchev–Trinajstić information content (AvgIpc) is 2.70. The zero-order valence-electron chi connectivity index (χ0n) is 12.3. The van der Waals surface area contributed by atoms with E-state index >= 15 is 0 Å². The largest absolute Gasteiger partial charge is 0.299 e. The van der Waals surface area contributed by atoms with Crippen LogP contribution >= 0.6 is 0 Å². The molecule has 0 aromatic heterocycles. The lowest BCUT2D eigenvalue weighted by Crippen LogP contribution is -2.03. The van der Waals surface area contributed by atoms with E-state index in [-0.39, 0.29) is 23.9 Å². The highest BCUT2D eigenvalue weighted by atomic mass is 16.2. The number of carbonyl (C=O) groups excluding carboxylic acids is 2. The molecule has 0 spiro atoms. The Morgan fingerprint density at radius 3 is 2.32 bits per heavy atom. The summed E-state index contributed by atoms with van der Waals surface area (Å²) >= 11 is 0. The van der Waals surface area contributed by atoms with Gasteiger partial charge in [0.1, 0.15) is 11.6 Å². The molecule has 0 aromatic rings. The Hall–Kier alpha value is -0.920. The Kier molecular flexibility index (Phi) is 8.44. The van der Waals surface area contributed by atoms with Gasteiger partial charge in [-0.15, -0.1) is 0 Å². The SMILES string of the molecule is CCCCCCCCC/C=C\CC1CC(=O)CC1=O. The molecule has 0 radical (unpaired) electrons. The summed E-state index contributed by atoms with van der Waals surface area (Å²) in [4.78, 5) is 22.5. The van der Waals surface area contributed by atoms with Crippen molar-refractivity contribution in [3.63, 3.8) is 0 Å². The monoisotopic (exact) mass is 264 g/mol. The summed E-state index contributed by atoms with van der Waals surface area (Å²) in [6.07, 6.45) is 16.2. The second-order valence-corrected chi connectivity index (χ2v) is 5.70. The predicted octanol–water partition coefficient (Wildman–Crippen LogP) is 4.62. The zero-order valence-corrected chi connectivity index (χ0v) is 12.3. The molecule has 1 unspecified atom stereocenters. The molecule has 0 bridgehead atoms. The van der Waals surface area contributed by atoms with Gasteiger partial charge < -0.3 is 0 Å². The summed E-state index contributed by atoms with van der Waals surface area (Å²) in [5.74, 6) is 0.249. The highest BCUT2D eigenvalue weighted by Crippen LogP contribution is 2.22. The first kappa shape index (κ1) is 16.1. The number of hydrogen-bond acceptors (Lipinski definition) is 2. The van der Waals surface area contributed by atoms with E-state index in [1.807, 2.05) is 0 Å². The summed E-state index contributed by atoms with van der Waals surface area (Å²) in [7, 11) is 0. The third-order valence-corrected chi connectivity index (χ3v) is 3.86. The van der Waals surface area contributed by atoms with Crippen LogP contribution in [0.1, 0.15) is 77.6 Å². The van der Waals surface area contributed by atoms with Crippen molar-refractivity contribution in [2.24, 2.45) is 5.92 Å². The molecule has 0 amide bonds. The predicted molar refractivity (Wildman–Crippen MR) is 79.1 cm³/mol. The van der Waals surface area contributed by atoms with Gasteiger partial charge in [0.05, 0.1) is 6.42 Å². The Labute approximate surface area is 117 Å². The Morgan fingerprint density at radius 2 is 1.68 bits per heavy atom. The molecule has 0 saturated heterocycles. The summed E-state index contributed by atoms with van der Waals surface area (Å²) in [6.45, 7) is 2.24. The lowest BCUT2D eigenvalue weighted by Gasteiger charge is -2.01. The fraction of sp³-hybridized carbons (Fsp3) is 0.765. The van der Waals surface area contributed by atoms with Crippen LogP contribution in [-0.2, 0) is 9.59 Å². The van der Waals surface area contributed by atoms with Crippen LogP contribution in [0.3, 0.4) is 0 Å². The highest BCUT2D eigenvalue weighted by molar-refractivity contribution is 6.07. The van der Waals surface area contributed by atoms with Crippen LogP contribution in [-0.4, -0.2) is 11.6 Å². The van der Waals surface area contributed by atoms with Gasteiger partial charge in [-0.1, -0.05) is 57.6 Å². The van der Waals surface area contributed by atoms with Crippen LogP contribution < -0.4 is 0 Å². The minimum Gasteiger partial charge on any atom is -0.299 e. The van der Waals surface area contributed by atoms with Crippen molar-refractivity contribution in [3.8, 4) is 0 Å². The third kappa shape index (κ3) is 7.29. The highest BCUT2D eigenvalue weighted by Gasteiger charge is 2.29. The summed E-state index contributed by atoms with van der Waals surface area (Å²) in [5.41, 5.74) is 0. The second-order valence-electron chi connectivity index (χ2n) is 5.70. The Balaban J connectivity index is 1.93. The first-order chi connectivity index (χ1) is 9.24. The lowest BCUT2D eigenvalue weighted by molar-refractivity contribution is -0.122. The molecule has 1 aliphatic carbocycles. The Morgan fingerprint density at radius 1 is 1.00 bits per heavy atom. The van der Waals surface area contributed by atoms with Crippen LogP contribution in [0.25, 0.3) is 0 Å². The normalized spacial score (nSPS) is 19.7. The van der Waals surface area contributed by atoms with E-state index < -0.39 is 0 Å². The maximum Gasteiger partial charge on any atom is 0.144 e. The van der Waals surface area contributed by atoms with Crippen molar-refractivity contribution < 1.29 is 9.59 Å². The molecular formula is C17H28O2. The molecular weight excluding hydrogens is 236 g/mol. The van der Waals surface area contributed by atoms with Gasteiger partial charge in [-0.05, 0) is 19.3 Å². The fourth-order valence-electron chi connectivity index (χ4n) is 2.61. The topological polar surface area (TPSA) is 34.1 Å². The van der Waals surface area contributed by atoms with Crippen LogP contribution in [0.2, 0.25) is 0 Å². The lowest BCUT2D eigenvalue weighted by atomic mass is 10.0. The standard InChI is InChI=1S/C17H28O2/c1-2-3-4-5-6-7-8-9-10-11-12-15-13-16(18)14-17(15)19/h10-11,15H,2-9,12-14H2,1H3/b11-10-. The molecule has 19 heavy (non-hydrogen) atoms. The molecule has 1 fully saturated rings. The van der Waals surface area contributed by atoms with Crippen molar-refractivity contribution in [1.82, 2.24) is 0 Å². The molecule has 2 nitrogen and oxygen atoms in total. The first-order valence-electron chi connectivity index (χ1n) is 7.93. The molecule has 0 N–H and O–H groups in total. The van der Waals surface area contributed by atoms with E-state index in [0.717, 1.165) is 12.8 Å². The average molecular weight is 264 g/mol. The molecule has 0 heterocycles. The van der Waals surface area contributed by atoms with E-state index in [0.29, 0.717) is 6.42 Å². The summed E-state index contributed by atoms with van der Waals surface area (Å²) in [6, 6.07) is 0. The number of hydrogen-bond donors (Lipinski definition) is 0. The summed E-state index contributed by atoms with van der Waals surface area (Å²) < 4.78 is 0. The summed E-state index contributed by atoms with van der Waals surface area (Å²) in [5, 5.41) is 0. The minimum atomic E-state index is -0.0159. The zero-order chi connectivity index (χ0) is 13.9. The van der Waals surface area contributed by atoms with Crippen LogP contribution in [0.5, 0.6) is 0 Å². The number of Topliss-reactive ketones (excluding diaryl/α,β-unsaturated/α-hetero) is 2. The Bertz CT molecular complexity index is 304. The molecule has 0 aliphatic heterocycles. The maximum absolute atomic E-state index is 11.4. The van der Waals surface area contributed by atoms with Crippen LogP contribution in [0.15, 0.2) is 12.2 Å². The van der Waals surface area contributed by atoms with Gasteiger partial charge in [0.25, 0.3) is 0 Å². The van der Waals surface area contributed by atoms with Crippen molar-refractivity contribution in [2.75, 3.05) is 0 Å². The number of ketones is 2. The smallest absolute Gasteiger partial charge is 0.144 e. The van der Waals surface area contributed by atoms with E-state index in [2.05, 4.69) is 19.1 Å². The third-order valence-electron chi connectivity index (χ3n) is 3.86. The van der Waals surface area contributed by atoms with E-state index in [4.69, 9.17) is 0 Å². The molecule has 1 atom stereocenters. The molecule has 1 aliphatic rings. The molecule has 2 heteroatoms. The minimum absolute atomic E-state index is 0.0159. The molecule has 0 aromatic carbocycles. The van der Waals surface area contributed by atoms with Crippen molar-refractivity contribution in [3.05, 3.63) is 12.2 Å². The van der Waals surface area contributed by atoms with Crippen LogP contribution in [0, 0.1) is 5.92 Å². The van der Waals surface area contributed by atoms with Crippen molar-refractivity contribution in [2.45, 2.75) is 77.6 Å². The van der Waals surface area contributed by atoms with Gasteiger partial charge in [-0.2, -0.15) is 0 Å². The van der Waals surface area contributed by atoms with E-state index in [1.54, 1.807) is 0 Å². The van der Waals surface area contributed by atoms with Crippen molar-refractivity contribution >= 4 is 11.6 Å². The van der Waals surface area contributed by atoms with Gasteiger partial charge in [0, 0.05) is 12.3 Å². The van der Waals surface area contributed by atoms with Crippen LogP contribution in [0.4, 0.5) is 0 Å². The van der Waals surface area contributed by atoms with E-state index in [1.165, 1.54) is 44.9 Å². The van der Waals surface area contributed by atoms with Gasteiger partial charge >= 0.3 is 0 Å². The number of rotatable bonds is 10. The number of unbranched alkanes of at least 4 members (excludes halogenated alkanes) is 7. The number of carbonyl (C=O) groups is 2.